The van der Waals surface area contributed by atoms with Gasteiger partial charge in [0.05, 0.1) is 0 Å². The Balaban J connectivity index is 0.000000181. The average Bonchev–Trinajstić information content (AvgIpc) is 3.55. The van der Waals surface area contributed by atoms with Gasteiger partial charge in [-0.2, -0.15) is 35.0 Å². The van der Waals surface area contributed by atoms with E-state index in [-0.39, 0.29) is 24.8 Å². The molecule has 6 aromatic rings. The van der Waals surface area contributed by atoms with Gasteiger partial charge >= 0.3 is 99.8 Å². The van der Waals surface area contributed by atoms with Gasteiger partial charge in [-0.15, -0.1) is 84.1 Å². The van der Waals surface area contributed by atoms with Crippen molar-refractivity contribution in [2.75, 3.05) is 0 Å². The second-order valence-electron chi connectivity index (χ2n) is 7.42. The van der Waals surface area contributed by atoms with Gasteiger partial charge in [0.25, 0.3) is 0 Å². The van der Waals surface area contributed by atoms with Crippen molar-refractivity contribution in [1.29, 1.82) is 0 Å². The summed E-state index contributed by atoms with van der Waals surface area (Å²) in [6.45, 7) is 0. The van der Waals surface area contributed by atoms with E-state index in [1.807, 2.05) is 0 Å². The van der Waals surface area contributed by atoms with Crippen LogP contribution in [0.5, 0.6) is 0 Å². The molecule has 4 heteroatoms. The summed E-state index contributed by atoms with van der Waals surface area (Å²) in [5.74, 6) is 0. The second kappa shape index (κ2) is 14.9. The quantitative estimate of drug-likeness (QED) is 0.150. The van der Waals surface area contributed by atoms with Gasteiger partial charge in [-0.3, -0.25) is 0 Å². The molecule has 0 heterocycles. The largest absolute Gasteiger partial charge is 0.168 e. The van der Waals surface area contributed by atoms with Gasteiger partial charge in [0.15, 0.2) is 0 Å². The molecular formula is C30H26Cl2SiZr. The molecule has 168 valence electrons. The summed E-state index contributed by atoms with van der Waals surface area (Å²) in [5.41, 5.74) is -0.455. The van der Waals surface area contributed by atoms with Crippen LogP contribution in [0, 0.1) is 0 Å². The van der Waals surface area contributed by atoms with Crippen LogP contribution in [0.15, 0.2) is 146 Å². The third-order valence-corrected chi connectivity index (χ3v) is 11.3. The number of hydrogen-bond donors (Lipinski definition) is 0. The van der Waals surface area contributed by atoms with Crippen molar-refractivity contribution in [3.05, 3.63) is 146 Å². The van der Waals surface area contributed by atoms with E-state index in [0.29, 0.717) is 0 Å². The Hall–Kier alpha value is -2.22. The Morgan fingerprint density at radius 3 is 1.18 bits per heavy atom. The zero-order valence-corrected chi connectivity index (χ0v) is 23.8. The van der Waals surface area contributed by atoms with Gasteiger partial charge in [-0.25, -0.2) is 0 Å². The maximum Gasteiger partial charge on any atom is -0.0809 e. The Bertz CT molecular complexity index is 1220. The fraction of sp³-hybridized carbons (Fsp3) is 0. The summed E-state index contributed by atoms with van der Waals surface area (Å²) in [5, 5.41) is 8.36. The summed E-state index contributed by atoms with van der Waals surface area (Å²) in [6.07, 6.45) is 0. The van der Waals surface area contributed by atoms with E-state index >= 15 is 0 Å². The molecule has 0 aliphatic carbocycles. The van der Waals surface area contributed by atoms with Crippen molar-refractivity contribution >= 4 is 62.2 Å². The molecule has 0 amide bonds. The first-order chi connectivity index (χ1) is 15.8. The van der Waals surface area contributed by atoms with Gasteiger partial charge < -0.3 is 0 Å². The number of rotatable bonds is 2. The minimum Gasteiger partial charge on any atom is -0.168 e. The molecule has 6 rings (SSSR count). The third-order valence-electron chi connectivity index (χ3n) is 5.22. The van der Waals surface area contributed by atoms with Crippen LogP contribution in [-0.4, -0.2) is 5.43 Å². The Morgan fingerprint density at radius 2 is 0.794 bits per heavy atom. The second-order valence-corrected chi connectivity index (χ2v) is 13.0. The molecule has 0 fully saturated rings. The normalized spacial score (nSPS) is 9.47. The standard InChI is InChI=1S/C12H10Si.2C9H7.2ClH.Zr/c1-3-7-11(8-4-1)13-12-9-5-2-6-10-12;2*1-2-5-9-7-3-6-8(9)4-1;;;/h1-10H;2*1-7H;2*1H;/q;2*-1;;;+2. The molecule has 0 atom stereocenters. The summed E-state index contributed by atoms with van der Waals surface area (Å²) >= 11 is 1.64. The molecule has 34 heavy (non-hydrogen) atoms. The Morgan fingerprint density at radius 1 is 0.441 bits per heavy atom. The Kier molecular flexibility index (Phi) is 12.3. The van der Waals surface area contributed by atoms with Crippen LogP contribution in [-0.2, 0) is 23.3 Å². The summed E-state index contributed by atoms with van der Waals surface area (Å²) in [7, 11) is 0. The van der Waals surface area contributed by atoms with Crippen LogP contribution in [0.3, 0.4) is 0 Å². The first-order valence-electron chi connectivity index (χ1n) is 10.7. The van der Waals surface area contributed by atoms with Gasteiger partial charge in [0, 0.05) is 0 Å². The van der Waals surface area contributed by atoms with Gasteiger partial charge in [0.2, 0.25) is 0 Å². The van der Waals surface area contributed by atoms with Gasteiger partial charge in [-0.1, -0.05) is 12.1 Å². The van der Waals surface area contributed by atoms with Crippen LogP contribution in [0.2, 0.25) is 0 Å². The first kappa shape index (κ1) is 28.0. The molecule has 0 aromatic heterocycles. The fourth-order valence-corrected chi connectivity index (χ4v) is 7.36. The molecule has 0 unspecified atom stereocenters. The smallest absolute Gasteiger partial charge is 0.0809 e. The van der Waals surface area contributed by atoms with Crippen LogP contribution in [0.25, 0.3) is 21.5 Å². The van der Waals surface area contributed by atoms with E-state index in [9.17, 15) is 0 Å². The molecule has 6 aromatic carbocycles. The van der Waals surface area contributed by atoms with Crippen molar-refractivity contribution in [1.82, 2.24) is 0 Å². The SMILES string of the molecule is Cl.Cl.[Zr+2]=[Si](c1ccccc1)c1ccccc1.c1ccc2[cH-]ccc2c1.c1ccc2[cH-]ccc2c1. The molecule has 0 bridgehead atoms. The number of halogens is 2. The van der Waals surface area contributed by atoms with E-state index in [0.717, 1.165) is 0 Å². The zero-order valence-electron chi connectivity index (χ0n) is 18.7. The molecule has 0 nitrogen and oxygen atoms in total. The molecule has 0 aliphatic rings. The third kappa shape index (κ3) is 7.93. The topological polar surface area (TPSA) is 0 Å². The number of fused-ring (bicyclic) bond motifs is 2. The van der Waals surface area contributed by atoms with Crippen LogP contribution < -0.4 is 10.4 Å². The van der Waals surface area contributed by atoms with Crippen molar-refractivity contribution in [3.63, 3.8) is 0 Å². The predicted molar refractivity (Wildman–Crippen MR) is 151 cm³/mol. The zero-order chi connectivity index (χ0) is 22.0. The van der Waals surface area contributed by atoms with Crippen molar-refractivity contribution in [2.24, 2.45) is 0 Å². The van der Waals surface area contributed by atoms with E-state index in [1.54, 1.807) is 23.3 Å². The minimum atomic E-state index is -0.455. The molecule has 0 saturated heterocycles. The molecule has 0 N–H and O–H groups in total. The summed E-state index contributed by atoms with van der Waals surface area (Å²) in [6, 6.07) is 51.0. The van der Waals surface area contributed by atoms with Crippen molar-refractivity contribution < 1.29 is 23.3 Å². The molecule has 0 saturated carbocycles. The predicted octanol–water partition coefficient (Wildman–Crippen LogP) is 7.30. The van der Waals surface area contributed by atoms with Gasteiger partial charge in [-0.05, 0) is 0 Å². The fourth-order valence-electron chi connectivity index (χ4n) is 3.52. The maximum absolute atomic E-state index is 2.25. The molecule has 0 spiro atoms. The van der Waals surface area contributed by atoms with E-state index in [2.05, 4.69) is 146 Å². The van der Waals surface area contributed by atoms with Crippen molar-refractivity contribution in [2.45, 2.75) is 0 Å². The Labute approximate surface area is 229 Å². The van der Waals surface area contributed by atoms with E-state index in [4.69, 9.17) is 0 Å². The molecular weight excluding hydrogens is 551 g/mol. The monoisotopic (exact) mass is 574 g/mol. The van der Waals surface area contributed by atoms with Crippen LogP contribution >= 0.6 is 24.8 Å². The number of benzene rings is 4. The summed E-state index contributed by atoms with van der Waals surface area (Å²) in [4.78, 5) is 0. The first-order valence-corrected chi connectivity index (χ1v) is 15.9. The number of hydrogen-bond acceptors (Lipinski definition) is 0. The van der Waals surface area contributed by atoms with Crippen molar-refractivity contribution in [3.8, 4) is 0 Å². The molecule has 0 aliphatic heterocycles. The summed E-state index contributed by atoms with van der Waals surface area (Å²) < 4.78 is 0. The van der Waals surface area contributed by atoms with Crippen LogP contribution in [0.4, 0.5) is 0 Å². The molecule has 0 radical (unpaired) electrons. The van der Waals surface area contributed by atoms with E-state index in [1.165, 1.54) is 31.9 Å². The van der Waals surface area contributed by atoms with Crippen LogP contribution in [0.1, 0.15) is 0 Å². The minimum absolute atomic E-state index is 0. The van der Waals surface area contributed by atoms with E-state index < -0.39 is 5.43 Å². The van der Waals surface area contributed by atoms with Gasteiger partial charge in [0.1, 0.15) is 0 Å². The maximum atomic E-state index is 2.25. The average molecular weight is 577 g/mol.